The molecule has 106 valence electrons. The monoisotopic (exact) mass is 265 g/mol. The molecule has 19 heavy (non-hydrogen) atoms. The second-order valence-corrected chi connectivity index (χ2v) is 4.18. The van der Waals surface area contributed by atoms with Gasteiger partial charge in [0.2, 0.25) is 5.91 Å². The van der Waals surface area contributed by atoms with Gasteiger partial charge in [-0.2, -0.15) is 0 Å². The summed E-state index contributed by atoms with van der Waals surface area (Å²) in [4.78, 5) is 22.1. The molecule has 2 N–H and O–H groups in total. The molecule has 0 radical (unpaired) electrons. The first kappa shape index (κ1) is 15.2. The van der Waals surface area contributed by atoms with Crippen LogP contribution in [0.25, 0.3) is 0 Å². The van der Waals surface area contributed by atoms with E-state index in [0.29, 0.717) is 18.8 Å². The van der Waals surface area contributed by atoms with Crippen molar-refractivity contribution in [3.05, 3.63) is 11.9 Å². The van der Waals surface area contributed by atoms with Crippen molar-refractivity contribution in [1.29, 1.82) is 0 Å². The van der Waals surface area contributed by atoms with Gasteiger partial charge < -0.3 is 15.5 Å². The molecular formula is C13H23N5O. The summed E-state index contributed by atoms with van der Waals surface area (Å²) in [6.07, 6.45) is 0.472. The standard InChI is InChI=1S/C13H23N5O/c1-5-18(6-2)13(19)7-8-15-12-9-11(14-4)16-10(3)17-12/h9H,5-8H2,1-4H3,(H2,14,15,16,17). The number of amides is 1. The third-order valence-corrected chi connectivity index (χ3v) is 2.86. The van der Waals surface area contributed by atoms with E-state index in [4.69, 9.17) is 0 Å². The van der Waals surface area contributed by atoms with Gasteiger partial charge in [-0.15, -0.1) is 0 Å². The highest BCUT2D eigenvalue weighted by Crippen LogP contribution is 2.10. The summed E-state index contributed by atoms with van der Waals surface area (Å²) < 4.78 is 0. The van der Waals surface area contributed by atoms with Gasteiger partial charge in [-0.25, -0.2) is 9.97 Å². The first-order chi connectivity index (χ1) is 9.10. The Labute approximate surface area is 114 Å². The molecule has 0 saturated carbocycles. The molecule has 0 fully saturated rings. The lowest BCUT2D eigenvalue weighted by Gasteiger charge is -2.18. The van der Waals surface area contributed by atoms with Crippen molar-refractivity contribution >= 4 is 17.5 Å². The highest BCUT2D eigenvalue weighted by Gasteiger charge is 2.09. The Morgan fingerprint density at radius 2 is 1.89 bits per heavy atom. The number of aryl methyl sites for hydroxylation is 1. The molecule has 0 saturated heterocycles. The van der Waals surface area contributed by atoms with Gasteiger partial charge in [-0.3, -0.25) is 4.79 Å². The topological polar surface area (TPSA) is 70.2 Å². The first-order valence-corrected chi connectivity index (χ1v) is 6.65. The molecule has 6 heteroatoms. The van der Waals surface area contributed by atoms with E-state index in [1.165, 1.54) is 0 Å². The Hall–Kier alpha value is -1.85. The van der Waals surface area contributed by atoms with Crippen molar-refractivity contribution in [1.82, 2.24) is 14.9 Å². The Morgan fingerprint density at radius 1 is 1.26 bits per heavy atom. The van der Waals surface area contributed by atoms with Gasteiger partial charge >= 0.3 is 0 Å². The molecule has 0 aliphatic carbocycles. The summed E-state index contributed by atoms with van der Waals surface area (Å²) in [6.45, 7) is 7.91. The summed E-state index contributed by atoms with van der Waals surface area (Å²) >= 11 is 0. The lowest BCUT2D eigenvalue weighted by molar-refractivity contribution is -0.130. The normalized spacial score (nSPS) is 10.1. The van der Waals surface area contributed by atoms with Crippen LogP contribution in [0.15, 0.2) is 6.07 Å². The van der Waals surface area contributed by atoms with E-state index in [9.17, 15) is 4.79 Å². The van der Waals surface area contributed by atoms with Gasteiger partial charge in [0.15, 0.2) is 0 Å². The minimum Gasteiger partial charge on any atom is -0.373 e. The first-order valence-electron chi connectivity index (χ1n) is 6.65. The van der Waals surface area contributed by atoms with Crippen LogP contribution < -0.4 is 10.6 Å². The molecule has 1 aromatic heterocycles. The minimum atomic E-state index is 0.164. The molecule has 0 aliphatic rings. The Balaban J connectivity index is 2.49. The predicted molar refractivity (Wildman–Crippen MR) is 77.4 cm³/mol. The van der Waals surface area contributed by atoms with Crippen molar-refractivity contribution < 1.29 is 4.79 Å². The van der Waals surface area contributed by atoms with Crippen molar-refractivity contribution in [3.63, 3.8) is 0 Å². The third kappa shape index (κ3) is 4.73. The second kappa shape index (κ2) is 7.56. The maximum Gasteiger partial charge on any atom is 0.224 e. The molecule has 0 unspecified atom stereocenters. The van der Waals surface area contributed by atoms with E-state index in [2.05, 4.69) is 20.6 Å². The molecular weight excluding hydrogens is 242 g/mol. The maximum absolute atomic E-state index is 11.8. The lowest BCUT2D eigenvalue weighted by Crippen LogP contribution is -2.31. The fourth-order valence-electron chi connectivity index (χ4n) is 1.82. The Morgan fingerprint density at radius 3 is 2.47 bits per heavy atom. The molecule has 1 heterocycles. The summed E-state index contributed by atoms with van der Waals surface area (Å²) in [5, 5.41) is 6.13. The van der Waals surface area contributed by atoms with Gasteiger partial charge in [-0.1, -0.05) is 0 Å². The van der Waals surface area contributed by atoms with Crippen LogP contribution in [-0.4, -0.2) is 47.5 Å². The van der Waals surface area contributed by atoms with Crippen molar-refractivity contribution in [2.45, 2.75) is 27.2 Å². The molecule has 1 rings (SSSR count). The highest BCUT2D eigenvalue weighted by atomic mass is 16.2. The average molecular weight is 265 g/mol. The number of nitrogens with one attached hydrogen (secondary N) is 2. The Kier molecular flexibility index (Phi) is 6.05. The van der Waals surface area contributed by atoms with Gasteiger partial charge in [0.05, 0.1) is 0 Å². The van der Waals surface area contributed by atoms with Crippen LogP contribution in [0.1, 0.15) is 26.1 Å². The van der Waals surface area contributed by atoms with Crippen molar-refractivity contribution in [3.8, 4) is 0 Å². The van der Waals surface area contributed by atoms with Gasteiger partial charge in [0.25, 0.3) is 0 Å². The van der Waals surface area contributed by atoms with Crippen LogP contribution in [0.5, 0.6) is 0 Å². The van der Waals surface area contributed by atoms with E-state index < -0.39 is 0 Å². The minimum absolute atomic E-state index is 0.164. The van der Waals surface area contributed by atoms with E-state index in [1.807, 2.05) is 38.8 Å². The molecule has 0 aromatic carbocycles. The van der Waals surface area contributed by atoms with Crippen molar-refractivity contribution in [2.75, 3.05) is 37.3 Å². The van der Waals surface area contributed by atoms with Crippen LogP contribution in [0, 0.1) is 6.92 Å². The summed E-state index contributed by atoms with van der Waals surface area (Å²) in [6, 6.07) is 1.83. The summed E-state index contributed by atoms with van der Waals surface area (Å²) in [7, 11) is 1.81. The SMILES string of the molecule is CCN(CC)C(=O)CCNc1cc(NC)nc(C)n1. The summed E-state index contributed by atoms with van der Waals surface area (Å²) in [5.74, 6) is 2.37. The van der Waals surface area contributed by atoms with Crippen LogP contribution in [-0.2, 0) is 4.79 Å². The van der Waals surface area contributed by atoms with Crippen LogP contribution >= 0.6 is 0 Å². The molecule has 1 aromatic rings. The molecule has 6 nitrogen and oxygen atoms in total. The largest absolute Gasteiger partial charge is 0.373 e. The molecule has 0 spiro atoms. The van der Waals surface area contributed by atoms with Gasteiger partial charge in [0, 0.05) is 39.2 Å². The van der Waals surface area contributed by atoms with Crippen LogP contribution in [0.3, 0.4) is 0 Å². The van der Waals surface area contributed by atoms with E-state index in [1.54, 1.807) is 0 Å². The van der Waals surface area contributed by atoms with Crippen LogP contribution in [0.4, 0.5) is 11.6 Å². The molecule has 0 aliphatic heterocycles. The fourth-order valence-corrected chi connectivity index (χ4v) is 1.82. The Bertz CT molecular complexity index is 417. The number of hydrogen-bond acceptors (Lipinski definition) is 5. The molecule has 0 atom stereocenters. The van der Waals surface area contributed by atoms with E-state index in [0.717, 1.165) is 24.7 Å². The number of nitrogens with zero attached hydrogens (tertiary/aromatic N) is 3. The zero-order chi connectivity index (χ0) is 14.3. The smallest absolute Gasteiger partial charge is 0.224 e. The number of hydrogen-bond donors (Lipinski definition) is 2. The zero-order valence-corrected chi connectivity index (χ0v) is 12.2. The number of rotatable bonds is 7. The van der Waals surface area contributed by atoms with Crippen molar-refractivity contribution in [2.24, 2.45) is 0 Å². The average Bonchev–Trinajstić information content (AvgIpc) is 2.39. The van der Waals surface area contributed by atoms with E-state index >= 15 is 0 Å². The fraction of sp³-hybridized carbons (Fsp3) is 0.615. The maximum atomic E-state index is 11.8. The molecule has 1 amide bonds. The quantitative estimate of drug-likeness (QED) is 0.782. The lowest BCUT2D eigenvalue weighted by atomic mass is 10.3. The predicted octanol–water partition coefficient (Wildman–Crippen LogP) is 1.50. The number of anilines is 2. The molecule has 0 bridgehead atoms. The van der Waals surface area contributed by atoms with Gasteiger partial charge in [0.1, 0.15) is 17.5 Å². The number of carbonyl (C=O) groups is 1. The van der Waals surface area contributed by atoms with Crippen LogP contribution in [0.2, 0.25) is 0 Å². The van der Waals surface area contributed by atoms with Gasteiger partial charge in [-0.05, 0) is 20.8 Å². The van der Waals surface area contributed by atoms with E-state index in [-0.39, 0.29) is 5.91 Å². The zero-order valence-electron chi connectivity index (χ0n) is 12.2. The second-order valence-electron chi connectivity index (χ2n) is 4.18. The third-order valence-electron chi connectivity index (χ3n) is 2.86. The number of carbonyl (C=O) groups excluding carboxylic acids is 1. The summed E-state index contributed by atoms with van der Waals surface area (Å²) in [5.41, 5.74) is 0. The highest BCUT2D eigenvalue weighted by molar-refractivity contribution is 5.76. The number of aromatic nitrogens is 2.